The second kappa shape index (κ2) is 3.78. The molecule has 0 saturated heterocycles. The van der Waals surface area contributed by atoms with Crippen molar-refractivity contribution in [3.63, 3.8) is 0 Å². The van der Waals surface area contributed by atoms with Gasteiger partial charge < -0.3 is 9.32 Å². The van der Waals surface area contributed by atoms with E-state index in [0.717, 1.165) is 27.4 Å². The van der Waals surface area contributed by atoms with E-state index in [0.29, 0.717) is 0 Å². The monoisotopic (exact) mass is 269 g/mol. The molecule has 0 saturated carbocycles. The first-order chi connectivity index (χ1) is 9.25. The highest BCUT2D eigenvalue weighted by Crippen LogP contribution is 2.43. The van der Waals surface area contributed by atoms with Crippen molar-refractivity contribution in [3.8, 4) is 0 Å². The number of furan rings is 1. The molecule has 2 nitrogen and oxygen atoms in total. The van der Waals surface area contributed by atoms with Gasteiger partial charge in [-0.3, -0.25) is 0 Å². The van der Waals surface area contributed by atoms with Gasteiger partial charge in [0.25, 0.3) is 0 Å². The number of likely N-dealkylation sites (N-methyl/N-ethyl adjacent to an activating group) is 1. The molecule has 1 aromatic carbocycles. The first kappa shape index (κ1) is 10.9. The summed E-state index contributed by atoms with van der Waals surface area (Å²) in [6.45, 7) is 0. The minimum Gasteiger partial charge on any atom is -0.454 e. The van der Waals surface area contributed by atoms with Gasteiger partial charge in [0.05, 0.1) is 11.7 Å². The Hall–Kier alpha value is -1.93. The maximum atomic E-state index is 6.37. The molecule has 0 N–H and O–H groups in total. The molecule has 2 heterocycles. The standard InChI is InChI=1S/C16H12ClNO/c1-18-15-10(5-4-7-12(15)17)9-14-16(18)11-6-2-3-8-13(11)19-14/h2-9,15H,1H3. The number of nitrogens with zero attached hydrogens (tertiary/aromatic N) is 1. The molecule has 2 aliphatic rings. The van der Waals surface area contributed by atoms with Gasteiger partial charge in [-0.25, -0.2) is 0 Å². The van der Waals surface area contributed by atoms with Crippen LogP contribution in [0.15, 0.2) is 57.5 Å². The number of fused-ring (bicyclic) bond motifs is 4. The minimum absolute atomic E-state index is 0.0974. The number of rotatable bonds is 0. The zero-order chi connectivity index (χ0) is 13.0. The lowest BCUT2D eigenvalue weighted by molar-refractivity contribution is 0.597. The Morgan fingerprint density at radius 1 is 1.26 bits per heavy atom. The summed E-state index contributed by atoms with van der Waals surface area (Å²) >= 11 is 6.37. The van der Waals surface area contributed by atoms with Gasteiger partial charge in [-0.2, -0.15) is 0 Å². The summed E-state index contributed by atoms with van der Waals surface area (Å²) in [5, 5.41) is 1.97. The van der Waals surface area contributed by atoms with E-state index < -0.39 is 0 Å². The van der Waals surface area contributed by atoms with Crippen LogP contribution in [0, 0.1) is 0 Å². The van der Waals surface area contributed by atoms with Crippen LogP contribution < -0.4 is 4.90 Å². The Kier molecular flexibility index (Phi) is 2.18. The van der Waals surface area contributed by atoms with Crippen molar-refractivity contribution in [1.29, 1.82) is 0 Å². The van der Waals surface area contributed by atoms with Gasteiger partial charge >= 0.3 is 0 Å². The summed E-state index contributed by atoms with van der Waals surface area (Å²) in [5.41, 5.74) is 3.20. The van der Waals surface area contributed by atoms with Gasteiger partial charge in [0.15, 0.2) is 5.76 Å². The summed E-state index contributed by atoms with van der Waals surface area (Å²) < 4.78 is 5.93. The minimum atomic E-state index is 0.0974. The number of allylic oxidation sites excluding steroid dienone is 2. The second-order valence-electron chi connectivity index (χ2n) is 4.88. The summed E-state index contributed by atoms with van der Waals surface area (Å²) in [5.74, 6) is 0.908. The topological polar surface area (TPSA) is 16.4 Å². The van der Waals surface area contributed by atoms with E-state index in [1.54, 1.807) is 0 Å². The van der Waals surface area contributed by atoms with Crippen LogP contribution in [0.25, 0.3) is 17.0 Å². The molecule has 1 unspecified atom stereocenters. The van der Waals surface area contributed by atoms with Crippen molar-refractivity contribution in [1.82, 2.24) is 0 Å². The highest BCUT2D eigenvalue weighted by atomic mass is 35.5. The number of anilines is 1. The lowest BCUT2D eigenvalue weighted by Crippen LogP contribution is -2.36. The summed E-state index contributed by atoms with van der Waals surface area (Å²) in [7, 11) is 2.06. The number of para-hydroxylation sites is 1. The molecule has 94 valence electrons. The second-order valence-corrected chi connectivity index (χ2v) is 5.32. The van der Waals surface area contributed by atoms with Gasteiger partial charge in [-0.15, -0.1) is 0 Å². The third kappa shape index (κ3) is 1.44. The molecule has 0 fully saturated rings. The normalized spacial score (nSPS) is 20.9. The van der Waals surface area contributed by atoms with Crippen LogP contribution in [-0.4, -0.2) is 13.1 Å². The smallest absolute Gasteiger partial charge is 0.151 e. The first-order valence-corrected chi connectivity index (χ1v) is 6.63. The maximum absolute atomic E-state index is 6.37. The molecule has 1 aromatic heterocycles. The lowest BCUT2D eigenvalue weighted by Gasteiger charge is -2.34. The van der Waals surface area contributed by atoms with Crippen molar-refractivity contribution in [2.24, 2.45) is 0 Å². The lowest BCUT2D eigenvalue weighted by atomic mass is 9.95. The van der Waals surface area contributed by atoms with Crippen molar-refractivity contribution in [2.45, 2.75) is 6.04 Å². The van der Waals surface area contributed by atoms with Gasteiger partial charge in [0, 0.05) is 17.5 Å². The molecule has 1 atom stereocenters. The Morgan fingerprint density at radius 3 is 3.00 bits per heavy atom. The predicted octanol–water partition coefficient (Wildman–Crippen LogP) is 4.33. The van der Waals surface area contributed by atoms with Crippen LogP contribution in [-0.2, 0) is 0 Å². The number of hydrogen-bond donors (Lipinski definition) is 0. The molecule has 1 aliphatic carbocycles. The zero-order valence-corrected chi connectivity index (χ0v) is 11.2. The van der Waals surface area contributed by atoms with E-state index in [4.69, 9.17) is 16.0 Å². The van der Waals surface area contributed by atoms with Gasteiger partial charge in [0.2, 0.25) is 0 Å². The fourth-order valence-corrected chi connectivity index (χ4v) is 3.27. The van der Waals surface area contributed by atoms with E-state index in [2.05, 4.69) is 30.2 Å². The van der Waals surface area contributed by atoms with Crippen molar-refractivity contribution < 1.29 is 4.42 Å². The average Bonchev–Trinajstić information content (AvgIpc) is 2.77. The molecule has 0 radical (unpaired) electrons. The number of benzene rings is 1. The Labute approximate surface area is 116 Å². The Morgan fingerprint density at radius 2 is 2.11 bits per heavy atom. The molecule has 0 amide bonds. The Bertz CT molecular complexity index is 766. The van der Waals surface area contributed by atoms with E-state index in [9.17, 15) is 0 Å². The Balaban J connectivity index is 2.02. The van der Waals surface area contributed by atoms with Crippen LogP contribution in [0.5, 0.6) is 0 Å². The molecular weight excluding hydrogens is 258 g/mol. The van der Waals surface area contributed by atoms with Crippen LogP contribution in [0.2, 0.25) is 0 Å². The molecule has 2 aromatic rings. The quantitative estimate of drug-likeness (QED) is 0.708. The van der Waals surface area contributed by atoms with Crippen molar-refractivity contribution >= 4 is 34.3 Å². The van der Waals surface area contributed by atoms with E-state index in [1.807, 2.05) is 30.4 Å². The molecule has 4 rings (SSSR count). The van der Waals surface area contributed by atoms with Gasteiger partial charge in [-0.05, 0) is 29.9 Å². The largest absolute Gasteiger partial charge is 0.454 e. The van der Waals surface area contributed by atoms with Gasteiger partial charge in [0.1, 0.15) is 5.58 Å². The summed E-state index contributed by atoms with van der Waals surface area (Å²) in [6, 6.07) is 8.20. The average molecular weight is 270 g/mol. The molecule has 0 spiro atoms. The molecule has 19 heavy (non-hydrogen) atoms. The van der Waals surface area contributed by atoms with Crippen molar-refractivity contribution in [2.75, 3.05) is 11.9 Å². The molecular formula is C16H12ClNO. The van der Waals surface area contributed by atoms with Crippen LogP contribution in [0.3, 0.4) is 0 Å². The SMILES string of the molecule is CN1c2c(oc3ccccc23)C=C2C=CC=C(Cl)C21. The first-order valence-electron chi connectivity index (χ1n) is 6.25. The molecule has 3 heteroatoms. The number of hydrogen-bond acceptors (Lipinski definition) is 2. The third-order valence-corrected chi connectivity index (χ3v) is 4.09. The maximum Gasteiger partial charge on any atom is 0.151 e. The molecule has 0 bridgehead atoms. The van der Waals surface area contributed by atoms with E-state index in [-0.39, 0.29) is 6.04 Å². The van der Waals surface area contributed by atoms with Crippen LogP contribution in [0.1, 0.15) is 5.76 Å². The fourth-order valence-electron chi connectivity index (χ4n) is 2.92. The van der Waals surface area contributed by atoms with E-state index in [1.165, 1.54) is 5.57 Å². The third-order valence-electron chi connectivity index (χ3n) is 3.75. The highest BCUT2D eigenvalue weighted by Gasteiger charge is 2.31. The zero-order valence-electron chi connectivity index (χ0n) is 10.4. The highest BCUT2D eigenvalue weighted by molar-refractivity contribution is 6.31. The fraction of sp³-hybridized carbons (Fsp3) is 0.125. The molecule has 1 aliphatic heterocycles. The van der Waals surface area contributed by atoms with Crippen LogP contribution in [0.4, 0.5) is 5.69 Å². The number of halogens is 1. The summed E-state index contributed by atoms with van der Waals surface area (Å²) in [4.78, 5) is 2.19. The van der Waals surface area contributed by atoms with Crippen LogP contribution >= 0.6 is 11.6 Å². The van der Waals surface area contributed by atoms with Crippen molar-refractivity contribution in [3.05, 3.63) is 58.9 Å². The summed E-state index contributed by atoms with van der Waals surface area (Å²) in [6.07, 6.45) is 8.11. The van der Waals surface area contributed by atoms with E-state index >= 15 is 0 Å². The van der Waals surface area contributed by atoms with Gasteiger partial charge in [-0.1, -0.05) is 35.9 Å². The predicted molar refractivity (Wildman–Crippen MR) is 79.5 cm³/mol.